The maximum Gasteiger partial charge on any atom is 0.412 e. The molecule has 2 aromatic carbocycles. The van der Waals surface area contributed by atoms with E-state index in [0.717, 1.165) is 29.7 Å². The number of carbonyl (C=O) groups is 3. The summed E-state index contributed by atoms with van der Waals surface area (Å²) in [7, 11) is 0. The highest BCUT2D eigenvalue weighted by molar-refractivity contribution is 5.97. The van der Waals surface area contributed by atoms with E-state index in [2.05, 4.69) is 10.6 Å². The summed E-state index contributed by atoms with van der Waals surface area (Å²) in [6, 6.07) is 12.1. The van der Waals surface area contributed by atoms with E-state index in [1.54, 1.807) is 39.0 Å². The van der Waals surface area contributed by atoms with Crippen molar-refractivity contribution in [3.63, 3.8) is 0 Å². The quantitative estimate of drug-likeness (QED) is 0.611. The summed E-state index contributed by atoms with van der Waals surface area (Å²) in [6.07, 6.45) is 0.931. The first-order valence-electron chi connectivity index (χ1n) is 10.3. The van der Waals surface area contributed by atoms with Gasteiger partial charge in [-0.05, 0) is 62.9 Å². The largest absolute Gasteiger partial charge is 0.452 e. The molecule has 0 radical (unpaired) electrons. The Kier molecular flexibility index (Phi) is 8.19. The molecule has 0 aromatic heterocycles. The molecule has 0 aliphatic heterocycles. The van der Waals surface area contributed by atoms with Crippen LogP contribution >= 0.6 is 0 Å². The molecular formula is C24H30N2O5. The lowest BCUT2D eigenvalue weighted by atomic mass is 10.0. The molecule has 0 aliphatic rings. The minimum Gasteiger partial charge on any atom is -0.452 e. The first kappa shape index (κ1) is 23.9. The molecule has 166 valence electrons. The topological polar surface area (TPSA) is 93.7 Å². The molecular weight excluding hydrogens is 396 g/mol. The van der Waals surface area contributed by atoms with Crippen molar-refractivity contribution in [2.45, 2.75) is 53.1 Å². The second-order valence-electron chi connectivity index (χ2n) is 7.99. The predicted molar refractivity (Wildman–Crippen MR) is 120 cm³/mol. The number of amides is 2. The Morgan fingerprint density at radius 3 is 2.10 bits per heavy atom. The van der Waals surface area contributed by atoms with E-state index in [1.807, 2.05) is 32.0 Å². The van der Waals surface area contributed by atoms with Gasteiger partial charge in [-0.15, -0.1) is 0 Å². The molecule has 2 rings (SSSR count). The number of hydrogen-bond donors (Lipinski definition) is 2. The fraction of sp³-hybridized carbons (Fsp3) is 0.375. The molecule has 7 heteroatoms. The number of ether oxygens (including phenoxy) is 2. The van der Waals surface area contributed by atoms with Crippen LogP contribution in [0.15, 0.2) is 42.5 Å². The molecule has 7 nitrogen and oxygen atoms in total. The van der Waals surface area contributed by atoms with Gasteiger partial charge in [-0.2, -0.15) is 0 Å². The monoisotopic (exact) mass is 426 g/mol. The number of aryl methyl sites for hydroxylation is 2. The van der Waals surface area contributed by atoms with Crippen molar-refractivity contribution in [2.24, 2.45) is 0 Å². The van der Waals surface area contributed by atoms with Gasteiger partial charge in [0.2, 0.25) is 0 Å². The second-order valence-corrected chi connectivity index (χ2v) is 7.99. The van der Waals surface area contributed by atoms with Crippen LogP contribution in [-0.2, 0) is 27.1 Å². The number of nitrogens with one attached hydrogen (secondary N) is 2. The first-order chi connectivity index (χ1) is 14.6. The van der Waals surface area contributed by atoms with Crippen molar-refractivity contribution >= 4 is 29.3 Å². The molecule has 31 heavy (non-hydrogen) atoms. The van der Waals surface area contributed by atoms with Crippen LogP contribution in [0.25, 0.3) is 0 Å². The standard InChI is InChI=1S/C24H30N2O5/c1-6-16-10-8-11-17(7-2)21(16)26-20(27)15-30-22(28)18-12-9-13-19(14-18)25-23(29)31-24(3,4)5/h8-14H,6-7,15H2,1-5H3,(H,25,29)(H,26,27). The van der Waals surface area contributed by atoms with Crippen molar-refractivity contribution < 1.29 is 23.9 Å². The molecule has 0 spiro atoms. The van der Waals surface area contributed by atoms with Gasteiger partial charge in [-0.3, -0.25) is 10.1 Å². The highest BCUT2D eigenvalue weighted by Crippen LogP contribution is 2.22. The zero-order valence-electron chi connectivity index (χ0n) is 18.7. The van der Waals surface area contributed by atoms with E-state index in [0.29, 0.717) is 5.69 Å². The average molecular weight is 427 g/mol. The number of esters is 1. The van der Waals surface area contributed by atoms with Crippen molar-refractivity contribution in [3.8, 4) is 0 Å². The molecule has 0 aliphatic carbocycles. The Morgan fingerprint density at radius 1 is 0.903 bits per heavy atom. The number of benzene rings is 2. The van der Waals surface area contributed by atoms with E-state index < -0.39 is 30.2 Å². The maximum atomic E-state index is 12.4. The van der Waals surface area contributed by atoms with E-state index in [4.69, 9.17) is 9.47 Å². The van der Waals surface area contributed by atoms with Crippen LogP contribution in [0.1, 0.15) is 56.1 Å². The summed E-state index contributed by atoms with van der Waals surface area (Å²) in [5.41, 5.74) is 2.79. The van der Waals surface area contributed by atoms with Gasteiger partial charge in [0.25, 0.3) is 5.91 Å². The Balaban J connectivity index is 1.97. The fourth-order valence-electron chi connectivity index (χ4n) is 2.94. The molecule has 0 fully saturated rings. The zero-order chi connectivity index (χ0) is 23.0. The fourth-order valence-corrected chi connectivity index (χ4v) is 2.94. The highest BCUT2D eigenvalue weighted by Gasteiger charge is 2.17. The van der Waals surface area contributed by atoms with E-state index in [9.17, 15) is 14.4 Å². The molecule has 0 atom stereocenters. The van der Waals surface area contributed by atoms with Gasteiger partial charge in [0.1, 0.15) is 5.60 Å². The highest BCUT2D eigenvalue weighted by atomic mass is 16.6. The third kappa shape index (κ3) is 7.44. The van der Waals surface area contributed by atoms with Crippen molar-refractivity contribution in [1.82, 2.24) is 0 Å². The van der Waals surface area contributed by atoms with Gasteiger partial charge in [0.05, 0.1) is 5.56 Å². The summed E-state index contributed by atoms with van der Waals surface area (Å²) in [5.74, 6) is -1.07. The van der Waals surface area contributed by atoms with Crippen LogP contribution in [-0.4, -0.2) is 30.2 Å². The smallest absolute Gasteiger partial charge is 0.412 e. The van der Waals surface area contributed by atoms with E-state index in [1.165, 1.54) is 6.07 Å². The van der Waals surface area contributed by atoms with Gasteiger partial charge < -0.3 is 14.8 Å². The number of hydrogen-bond acceptors (Lipinski definition) is 5. The lowest BCUT2D eigenvalue weighted by molar-refractivity contribution is -0.119. The van der Waals surface area contributed by atoms with Gasteiger partial charge in [0.15, 0.2) is 6.61 Å². The first-order valence-corrected chi connectivity index (χ1v) is 10.3. The molecule has 2 amide bonds. The lowest BCUT2D eigenvalue weighted by Gasteiger charge is -2.19. The molecule has 2 aromatic rings. The Labute approximate surface area is 183 Å². The molecule has 2 N–H and O–H groups in total. The Morgan fingerprint density at radius 2 is 1.52 bits per heavy atom. The van der Waals surface area contributed by atoms with Crippen molar-refractivity contribution in [2.75, 3.05) is 17.2 Å². The molecule has 0 saturated carbocycles. The maximum absolute atomic E-state index is 12.4. The summed E-state index contributed by atoms with van der Waals surface area (Å²) in [5, 5.41) is 5.43. The van der Waals surface area contributed by atoms with Crippen molar-refractivity contribution in [3.05, 3.63) is 59.2 Å². The lowest BCUT2D eigenvalue weighted by Crippen LogP contribution is -2.27. The number of carbonyl (C=O) groups excluding carboxylic acids is 3. The van der Waals surface area contributed by atoms with Crippen LogP contribution in [0.5, 0.6) is 0 Å². The SMILES string of the molecule is CCc1cccc(CC)c1NC(=O)COC(=O)c1cccc(NC(=O)OC(C)(C)C)c1. The van der Waals surface area contributed by atoms with Crippen LogP contribution in [0.2, 0.25) is 0 Å². The molecule has 0 unspecified atom stereocenters. The molecule has 0 bridgehead atoms. The third-order valence-electron chi connectivity index (χ3n) is 4.34. The molecule has 0 heterocycles. The second kappa shape index (κ2) is 10.6. The van der Waals surface area contributed by atoms with Crippen LogP contribution in [0, 0.1) is 0 Å². The minimum absolute atomic E-state index is 0.213. The van der Waals surface area contributed by atoms with Gasteiger partial charge in [-0.25, -0.2) is 9.59 Å². The van der Waals surface area contributed by atoms with Crippen LogP contribution in [0.3, 0.4) is 0 Å². The predicted octanol–water partition coefficient (Wildman–Crippen LogP) is 4.95. The summed E-state index contributed by atoms with van der Waals surface area (Å²) in [6.45, 7) is 8.89. The van der Waals surface area contributed by atoms with Crippen LogP contribution in [0.4, 0.5) is 16.2 Å². The Bertz CT molecular complexity index is 925. The van der Waals surface area contributed by atoms with Gasteiger partial charge in [-0.1, -0.05) is 38.1 Å². The molecule has 0 saturated heterocycles. The van der Waals surface area contributed by atoms with Gasteiger partial charge in [0, 0.05) is 11.4 Å². The normalized spacial score (nSPS) is 10.9. The van der Waals surface area contributed by atoms with E-state index in [-0.39, 0.29) is 5.56 Å². The van der Waals surface area contributed by atoms with Crippen LogP contribution < -0.4 is 10.6 Å². The van der Waals surface area contributed by atoms with E-state index >= 15 is 0 Å². The van der Waals surface area contributed by atoms with Gasteiger partial charge >= 0.3 is 12.1 Å². The minimum atomic E-state index is -0.664. The summed E-state index contributed by atoms with van der Waals surface area (Å²) >= 11 is 0. The third-order valence-corrected chi connectivity index (χ3v) is 4.34. The number of para-hydroxylation sites is 1. The van der Waals surface area contributed by atoms with Crippen molar-refractivity contribution in [1.29, 1.82) is 0 Å². The summed E-state index contributed by atoms with van der Waals surface area (Å²) < 4.78 is 10.4. The Hall–Kier alpha value is -3.35. The summed E-state index contributed by atoms with van der Waals surface area (Å²) in [4.78, 5) is 36.6. The number of anilines is 2. The average Bonchev–Trinajstić information content (AvgIpc) is 2.70. The zero-order valence-corrected chi connectivity index (χ0v) is 18.7. The number of rotatable bonds is 7.